The van der Waals surface area contributed by atoms with Crippen LogP contribution in [0.1, 0.15) is 22.6 Å². The van der Waals surface area contributed by atoms with Crippen LogP contribution in [0.25, 0.3) is 22.3 Å². The number of benzene rings is 2. The Kier molecular flexibility index (Phi) is 4.50. The van der Waals surface area contributed by atoms with E-state index in [0.717, 1.165) is 33.2 Å². The summed E-state index contributed by atoms with van der Waals surface area (Å²) in [4.78, 5) is 16.4. The lowest BCUT2D eigenvalue weighted by molar-refractivity contribution is -0.144. The van der Waals surface area contributed by atoms with E-state index in [0.29, 0.717) is 11.7 Å². The highest BCUT2D eigenvalue weighted by Gasteiger charge is 2.14. The van der Waals surface area contributed by atoms with Gasteiger partial charge in [-0.3, -0.25) is 4.79 Å². The quantitative estimate of drug-likeness (QED) is 0.469. The highest BCUT2D eigenvalue weighted by atomic mass is 16.5. The topological polar surface area (TPSA) is 65.5 Å². The zero-order valence-corrected chi connectivity index (χ0v) is 15.2. The van der Waals surface area contributed by atoms with Gasteiger partial charge < -0.3 is 13.6 Å². The number of esters is 1. The molecule has 0 aliphatic carbocycles. The van der Waals surface area contributed by atoms with Crippen molar-refractivity contribution >= 4 is 16.9 Å². The first-order valence-electron chi connectivity index (χ1n) is 8.73. The average Bonchev–Trinajstić information content (AvgIpc) is 3.29. The van der Waals surface area contributed by atoms with Gasteiger partial charge in [-0.1, -0.05) is 30.3 Å². The Balaban J connectivity index is 1.41. The molecule has 0 bridgehead atoms. The van der Waals surface area contributed by atoms with Crippen LogP contribution < -0.4 is 0 Å². The number of oxazole rings is 1. The van der Waals surface area contributed by atoms with Gasteiger partial charge in [0, 0.05) is 16.5 Å². The largest absolute Gasteiger partial charge is 0.464 e. The minimum atomic E-state index is -0.351. The predicted molar refractivity (Wildman–Crippen MR) is 101 cm³/mol. The van der Waals surface area contributed by atoms with E-state index in [1.807, 2.05) is 56.3 Å². The van der Waals surface area contributed by atoms with Crippen LogP contribution in [0.3, 0.4) is 0 Å². The molecule has 2 aromatic heterocycles. The van der Waals surface area contributed by atoms with Gasteiger partial charge in [-0.15, -0.1) is 0 Å². The maximum Gasteiger partial charge on any atom is 0.310 e. The molecule has 5 nitrogen and oxygen atoms in total. The zero-order chi connectivity index (χ0) is 18.8. The van der Waals surface area contributed by atoms with Gasteiger partial charge in [-0.2, -0.15) is 0 Å². The highest BCUT2D eigenvalue weighted by molar-refractivity contribution is 5.86. The summed E-state index contributed by atoms with van der Waals surface area (Å²) in [6.45, 7) is 4.07. The number of furan rings is 1. The molecule has 4 aromatic rings. The van der Waals surface area contributed by atoms with E-state index in [9.17, 15) is 4.79 Å². The molecule has 4 rings (SSSR count). The third kappa shape index (κ3) is 3.62. The van der Waals surface area contributed by atoms with Crippen LogP contribution in [0.2, 0.25) is 0 Å². The molecule has 2 aromatic carbocycles. The van der Waals surface area contributed by atoms with E-state index in [4.69, 9.17) is 13.6 Å². The smallest absolute Gasteiger partial charge is 0.310 e. The van der Waals surface area contributed by atoms with Crippen molar-refractivity contribution in [1.29, 1.82) is 0 Å². The molecule has 0 unspecified atom stereocenters. The molecular weight excluding hydrogens is 342 g/mol. The van der Waals surface area contributed by atoms with Gasteiger partial charge in [-0.25, -0.2) is 4.98 Å². The van der Waals surface area contributed by atoms with Crippen LogP contribution in [0, 0.1) is 13.8 Å². The Morgan fingerprint density at radius 3 is 2.70 bits per heavy atom. The lowest BCUT2D eigenvalue weighted by atomic mass is 10.0. The summed E-state index contributed by atoms with van der Waals surface area (Å²) in [5.74, 6) is 0.662. The normalized spacial score (nSPS) is 11.0. The summed E-state index contributed by atoms with van der Waals surface area (Å²) in [6.07, 6.45) is 3.39. The van der Waals surface area contributed by atoms with E-state index in [-0.39, 0.29) is 19.0 Å². The van der Waals surface area contributed by atoms with Crippen LogP contribution in [0.5, 0.6) is 0 Å². The van der Waals surface area contributed by atoms with Crippen molar-refractivity contribution in [3.63, 3.8) is 0 Å². The Labute approximate surface area is 156 Å². The molecule has 2 heterocycles. The molecule has 0 spiro atoms. The molecule has 0 aliphatic rings. The van der Waals surface area contributed by atoms with Crippen LogP contribution in [0.4, 0.5) is 0 Å². The number of nitrogens with zero attached hydrogens (tertiary/aromatic N) is 1. The first-order valence-corrected chi connectivity index (χ1v) is 8.73. The second-order valence-electron chi connectivity index (χ2n) is 6.52. The van der Waals surface area contributed by atoms with Crippen LogP contribution in [-0.2, 0) is 22.6 Å². The van der Waals surface area contributed by atoms with E-state index in [2.05, 4.69) is 4.98 Å². The number of rotatable bonds is 5. The lowest BCUT2D eigenvalue weighted by Gasteiger charge is -2.03. The first-order chi connectivity index (χ1) is 13.1. The van der Waals surface area contributed by atoms with E-state index in [1.54, 1.807) is 12.5 Å². The van der Waals surface area contributed by atoms with Gasteiger partial charge in [0.05, 0.1) is 18.9 Å². The van der Waals surface area contributed by atoms with Gasteiger partial charge in [0.25, 0.3) is 0 Å². The molecule has 0 atom stereocenters. The fourth-order valence-electron chi connectivity index (χ4n) is 2.93. The Bertz CT molecular complexity index is 1090. The minimum absolute atomic E-state index is 0.000410. The lowest BCUT2D eigenvalue weighted by Crippen LogP contribution is -2.07. The number of ether oxygens (including phenoxy) is 1. The average molecular weight is 361 g/mol. The van der Waals surface area contributed by atoms with Gasteiger partial charge in [-0.05, 0) is 37.1 Å². The van der Waals surface area contributed by atoms with Crippen LogP contribution in [0.15, 0.2) is 63.8 Å². The van der Waals surface area contributed by atoms with Crippen LogP contribution >= 0.6 is 0 Å². The van der Waals surface area contributed by atoms with Crippen molar-refractivity contribution in [1.82, 2.24) is 4.98 Å². The summed E-state index contributed by atoms with van der Waals surface area (Å²) in [6, 6.07) is 13.7. The van der Waals surface area contributed by atoms with Crippen molar-refractivity contribution in [2.75, 3.05) is 0 Å². The standard InChI is InChI=1S/C22H19NO4/c1-14-8-18-17(12-25-19(18)9-15(14)2)10-22(24)26-13-21-23-11-20(27-21)16-6-4-3-5-7-16/h3-9,11-12H,10,13H2,1-2H3. The Morgan fingerprint density at radius 2 is 1.89 bits per heavy atom. The fourth-order valence-corrected chi connectivity index (χ4v) is 2.93. The second-order valence-corrected chi connectivity index (χ2v) is 6.52. The molecule has 5 heteroatoms. The number of fused-ring (bicyclic) bond motifs is 1. The van der Waals surface area contributed by atoms with Crippen molar-refractivity contribution in [2.45, 2.75) is 26.9 Å². The highest BCUT2D eigenvalue weighted by Crippen LogP contribution is 2.25. The maximum atomic E-state index is 12.2. The van der Waals surface area contributed by atoms with Crippen molar-refractivity contribution < 1.29 is 18.4 Å². The monoisotopic (exact) mass is 361 g/mol. The second kappa shape index (κ2) is 7.11. The molecular formula is C22H19NO4. The summed E-state index contributed by atoms with van der Waals surface area (Å²) < 4.78 is 16.5. The molecule has 27 heavy (non-hydrogen) atoms. The summed E-state index contributed by atoms with van der Waals surface area (Å²) >= 11 is 0. The summed E-state index contributed by atoms with van der Waals surface area (Å²) in [7, 11) is 0. The molecule has 136 valence electrons. The molecule has 0 saturated carbocycles. The molecule has 0 amide bonds. The van der Waals surface area contributed by atoms with Gasteiger partial charge in [0.2, 0.25) is 5.89 Å². The number of hydrogen-bond acceptors (Lipinski definition) is 5. The number of aryl methyl sites for hydroxylation is 2. The summed E-state index contributed by atoms with van der Waals surface area (Å²) in [5, 5.41) is 0.942. The van der Waals surface area contributed by atoms with Gasteiger partial charge >= 0.3 is 5.97 Å². The maximum absolute atomic E-state index is 12.2. The molecule has 0 N–H and O–H groups in total. The van der Waals surface area contributed by atoms with E-state index < -0.39 is 0 Å². The molecule has 0 fully saturated rings. The third-order valence-electron chi connectivity index (χ3n) is 4.57. The van der Waals surface area contributed by atoms with E-state index >= 15 is 0 Å². The van der Waals surface area contributed by atoms with E-state index in [1.165, 1.54) is 0 Å². The Hall–Kier alpha value is -3.34. The van der Waals surface area contributed by atoms with Crippen molar-refractivity contribution in [3.05, 3.63) is 77.5 Å². The van der Waals surface area contributed by atoms with Crippen molar-refractivity contribution in [3.8, 4) is 11.3 Å². The zero-order valence-electron chi connectivity index (χ0n) is 15.2. The predicted octanol–water partition coefficient (Wildman–Crippen LogP) is 4.99. The number of hydrogen-bond donors (Lipinski definition) is 0. The number of aromatic nitrogens is 1. The SMILES string of the molecule is Cc1cc2occ(CC(=O)OCc3ncc(-c4ccccc4)o3)c2cc1C. The number of carbonyl (C=O) groups excluding carboxylic acids is 1. The Morgan fingerprint density at radius 1 is 1.11 bits per heavy atom. The minimum Gasteiger partial charge on any atom is -0.464 e. The first kappa shape index (κ1) is 17.1. The molecule has 0 radical (unpaired) electrons. The third-order valence-corrected chi connectivity index (χ3v) is 4.57. The van der Waals surface area contributed by atoms with Crippen LogP contribution in [-0.4, -0.2) is 11.0 Å². The van der Waals surface area contributed by atoms with Gasteiger partial charge in [0.1, 0.15) is 5.58 Å². The molecule has 0 aliphatic heterocycles. The van der Waals surface area contributed by atoms with Crippen molar-refractivity contribution in [2.24, 2.45) is 0 Å². The van der Waals surface area contributed by atoms with Gasteiger partial charge in [0.15, 0.2) is 12.4 Å². The fraction of sp³-hybridized carbons (Fsp3) is 0.182. The number of carbonyl (C=O) groups is 1. The summed E-state index contributed by atoms with van der Waals surface area (Å²) in [5.41, 5.74) is 4.84. The molecule has 0 saturated heterocycles.